The summed E-state index contributed by atoms with van der Waals surface area (Å²) in [6.45, 7) is 1.68. The molecule has 0 radical (unpaired) electrons. The molecule has 1 N–H and O–H groups in total. The lowest BCUT2D eigenvalue weighted by molar-refractivity contribution is -0.386. The van der Waals surface area contributed by atoms with Crippen molar-refractivity contribution in [3.8, 4) is 0 Å². The van der Waals surface area contributed by atoms with Gasteiger partial charge in [-0.1, -0.05) is 12.1 Å². The Balaban J connectivity index is 1.59. The zero-order valence-corrected chi connectivity index (χ0v) is 17.1. The van der Waals surface area contributed by atoms with Crippen LogP contribution in [0.1, 0.15) is 27.3 Å². The van der Waals surface area contributed by atoms with Crippen LogP contribution in [0.5, 0.6) is 0 Å². The minimum atomic E-state index is -4.43. The molecule has 1 aromatic carbocycles. The lowest BCUT2D eigenvalue weighted by Crippen LogP contribution is -2.18. The number of hydrogen-bond donors (Lipinski definition) is 1. The number of nitrogens with zero attached hydrogens (tertiary/aromatic N) is 5. The van der Waals surface area contributed by atoms with Crippen LogP contribution in [0.2, 0.25) is 0 Å². The molecule has 1 amide bonds. The Labute approximate surface area is 179 Å². The Morgan fingerprint density at radius 1 is 1.25 bits per heavy atom. The average molecular weight is 452 g/mol. The molecular weight excluding hydrogens is 433 g/mol. The van der Waals surface area contributed by atoms with Crippen LogP contribution in [0, 0.1) is 24.0 Å². The summed E-state index contributed by atoms with van der Waals surface area (Å²) in [6.07, 6.45) is -1.79. The van der Waals surface area contributed by atoms with Crippen molar-refractivity contribution in [2.75, 3.05) is 11.9 Å². The summed E-state index contributed by atoms with van der Waals surface area (Å²) in [5.74, 6) is -0.436. The second kappa shape index (κ2) is 9.18. The van der Waals surface area contributed by atoms with E-state index in [9.17, 15) is 28.1 Å². The summed E-state index contributed by atoms with van der Waals surface area (Å²) in [6, 6.07) is 6.57. The molecule has 32 heavy (non-hydrogen) atoms. The quantitative estimate of drug-likeness (QED) is 0.413. The maximum absolute atomic E-state index is 12.4. The molecule has 0 aliphatic heterocycles. The SMILES string of the molecule is Cc1nn(Cc2ccc(C(=O)Nc3cnn(COCC(F)(F)F)c3)cc2)c(C)c1[N+](=O)[O-]. The van der Waals surface area contributed by atoms with E-state index in [0.717, 1.165) is 10.2 Å². The molecule has 0 spiro atoms. The van der Waals surface area contributed by atoms with Crippen molar-refractivity contribution in [2.45, 2.75) is 33.3 Å². The normalized spacial score (nSPS) is 11.5. The van der Waals surface area contributed by atoms with Gasteiger partial charge in [-0.05, 0) is 31.5 Å². The van der Waals surface area contributed by atoms with Gasteiger partial charge in [-0.15, -0.1) is 0 Å². The van der Waals surface area contributed by atoms with Crippen LogP contribution in [0.4, 0.5) is 24.5 Å². The minimum absolute atomic E-state index is 0.0228. The number of benzene rings is 1. The van der Waals surface area contributed by atoms with Crippen molar-refractivity contribution in [3.63, 3.8) is 0 Å². The fraction of sp³-hybridized carbons (Fsp3) is 0.316. The van der Waals surface area contributed by atoms with Crippen LogP contribution in [0.3, 0.4) is 0 Å². The Bertz CT molecular complexity index is 1120. The van der Waals surface area contributed by atoms with Gasteiger partial charge >= 0.3 is 11.9 Å². The number of ether oxygens (including phenoxy) is 1. The van der Waals surface area contributed by atoms with E-state index in [-0.39, 0.29) is 5.69 Å². The lowest BCUT2D eigenvalue weighted by atomic mass is 10.1. The maximum Gasteiger partial charge on any atom is 0.411 e. The number of hydrogen-bond acceptors (Lipinski definition) is 6. The van der Waals surface area contributed by atoms with E-state index in [2.05, 4.69) is 20.3 Å². The van der Waals surface area contributed by atoms with Gasteiger partial charge in [0.05, 0.1) is 29.5 Å². The summed E-state index contributed by atoms with van der Waals surface area (Å²) >= 11 is 0. The molecule has 0 bridgehead atoms. The average Bonchev–Trinajstić information content (AvgIpc) is 3.25. The number of nitro groups is 1. The zero-order valence-electron chi connectivity index (χ0n) is 17.1. The third kappa shape index (κ3) is 5.69. The third-order valence-electron chi connectivity index (χ3n) is 4.45. The van der Waals surface area contributed by atoms with Crippen LogP contribution < -0.4 is 5.32 Å². The van der Waals surface area contributed by atoms with Gasteiger partial charge in [0, 0.05) is 5.56 Å². The van der Waals surface area contributed by atoms with Crippen LogP contribution in [-0.4, -0.2) is 43.2 Å². The van der Waals surface area contributed by atoms with Crippen LogP contribution >= 0.6 is 0 Å². The minimum Gasteiger partial charge on any atom is -0.350 e. The van der Waals surface area contributed by atoms with E-state index < -0.39 is 30.3 Å². The molecule has 13 heteroatoms. The molecule has 0 aliphatic rings. The number of amides is 1. The number of halogens is 3. The molecule has 3 aromatic rings. The van der Waals surface area contributed by atoms with Crippen molar-refractivity contribution < 1.29 is 27.6 Å². The number of rotatable bonds is 8. The van der Waals surface area contributed by atoms with E-state index in [0.29, 0.717) is 29.2 Å². The highest BCUT2D eigenvalue weighted by Crippen LogP contribution is 2.22. The fourth-order valence-electron chi connectivity index (χ4n) is 3.00. The highest BCUT2D eigenvalue weighted by atomic mass is 19.4. The van der Waals surface area contributed by atoms with Crippen LogP contribution in [-0.2, 0) is 18.0 Å². The van der Waals surface area contributed by atoms with Crippen molar-refractivity contribution >= 4 is 17.3 Å². The van der Waals surface area contributed by atoms with E-state index in [1.165, 1.54) is 17.1 Å². The lowest BCUT2D eigenvalue weighted by Gasteiger charge is -2.07. The predicted molar refractivity (Wildman–Crippen MR) is 106 cm³/mol. The fourth-order valence-corrected chi connectivity index (χ4v) is 3.00. The molecule has 0 unspecified atom stereocenters. The van der Waals surface area contributed by atoms with Crippen molar-refractivity contribution in [1.82, 2.24) is 19.6 Å². The van der Waals surface area contributed by atoms with Crippen LogP contribution in [0.25, 0.3) is 0 Å². The largest absolute Gasteiger partial charge is 0.411 e. The first-order chi connectivity index (χ1) is 15.0. The summed E-state index contributed by atoms with van der Waals surface area (Å²) in [4.78, 5) is 23.0. The summed E-state index contributed by atoms with van der Waals surface area (Å²) < 4.78 is 43.4. The second-order valence-corrected chi connectivity index (χ2v) is 6.95. The highest BCUT2D eigenvalue weighted by Gasteiger charge is 2.27. The van der Waals surface area contributed by atoms with E-state index >= 15 is 0 Å². The van der Waals surface area contributed by atoms with Crippen molar-refractivity contribution in [2.24, 2.45) is 0 Å². The monoisotopic (exact) mass is 452 g/mol. The first-order valence-electron chi connectivity index (χ1n) is 9.29. The summed E-state index contributed by atoms with van der Waals surface area (Å²) in [7, 11) is 0. The zero-order chi connectivity index (χ0) is 23.5. The Hall–Kier alpha value is -3.74. The maximum atomic E-state index is 12.4. The molecule has 0 atom stereocenters. The molecule has 0 saturated heterocycles. The molecule has 170 valence electrons. The van der Waals surface area contributed by atoms with E-state index in [4.69, 9.17) is 0 Å². The van der Waals surface area contributed by atoms with Crippen molar-refractivity contribution in [1.29, 1.82) is 0 Å². The Morgan fingerprint density at radius 2 is 1.94 bits per heavy atom. The molecule has 10 nitrogen and oxygen atoms in total. The first kappa shape index (κ1) is 22.9. The van der Waals surface area contributed by atoms with Crippen molar-refractivity contribution in [3.05, 3.63) is 69.3 Å². The second-order valence-electron chi connectivity index (χ2n) is 6.95. The summed E-state index contributed by atoms with van der Waals surface area (Å²) in [5, 5.41) is 21.7. The molecule has 3 rings (SSSR count). The smallest absolute Gasteiger partial charge is 0.350 e. The third-order valence-corrected chi connectivity index (χ3v) is 4.45. The standard InChI is InChI=1S/C19H19F3N6O4/c1-12-17(28(30)31)13(2)27(25-12)8-14-3-5-15(6-4-14)18(29)24-16-7-23-26(9-16)11-32-10-19(20,21)22/h3-7,9H,8,10-11H2,1-2H3,(H,24,29). The molecular formula is C19H19F3N6O4. The van der Waals surface area contributed by atoms with Gasteiger partial charge in [-0.3, -0.25) is 19.6 Å². The van der Waals surface area contributed by atoms with Gasteiger partial charge in [-0.2, -0.15) is 23.4 Å². The van der Waals surface area contributed by atoms with Gasteiger partial charge in [0.1, 0.15) is 24.7 Å². The van der Waals surface area contributed by atoms with Gasteiger partial charge in [-0.25, -0.2) is 4.68 Å². The molecule has 0 saturated carbocycles. The topological polar surface area (TPSA) is 117 Å². The number of alkyl halides is 3. The van der Waals surface area contributed by atoms with E-state index in [1.807, 2.05) is 0 Å². The highest BCUT2D eigenvalue weighted by molar-refractivity contribution is 6.04. The number of aryl methyl sites for hydroxylation is 1. The van der Waals surface area contributed by atoms with Gasteiger partial charge in [0.25, 0.3) is 5.91 Å². The number of carbonyl (C=O) groups excluding carboxylic acids is 1. The first-order valence-corrected chi connectivity index (χ1v) is 9.29. The van der Waals surface area contributed by atoms with Crippen LogP contribution in [0.15, 0.2) is 36.7 Å². The number of carbonyl (C=O) groups is 1. The van der Waals surface area contributed by atoms with Gasteiger partial charge in [0.2, 0.25) is 0 Å². The number of aromatic nitrogens is 4. The van der Waals surface area contributed by atoms with E-state index in [1.54, 1.807) is 38.1 Å². The Morgan fingerprint density at radius 3 is 2.53 bits per heavy atom. The molecule has 0 aliphatic carbocycles. The number of anilines is 1. The number of nitrogens with one attached hydrogen (secondary N) is 1. The molecule has 2 aromatic heterocycles. The van der Waals surface area contributed by atoms with Gasteiger partial charge < -0.3 is 10.1 Å². The predicted octanol–water partition coefficient (Wildman–Crippen LogP) is 3.44. The van der Waals surface area contributed by atoms with Gasteiger partial charge in [0.15, 0.2) is 0 Å². The molecule has 2 heterocycles. The molecule has 0 fully saturated rings. The summed E-state index contributed by atoms with van der Waals surface area (Å²) in [5.41, 5.74) is 2.17. The Kier molecular flexibility index (Phi) is 6.58.